The minimum Gasteiger partial charge on any atom is -0.462 e. The van der Waals surface area contributed by atoms with Gasteiger partial charge in [-0.15, -0.1) is 0 Å². The highest BCUT2D eigenvalue weighted by molar-refractivity contribution is 5.70. The monoisotopic (exact) mass is 765 g/mol. The molecule has 54 heavy (non-hydrogen) atoms. The Morgan fingerprint density at radius 1 is 0.574 bits per heavy atom. The van der Waals surface area contributed by atoms with E-state index in [1.165, 1.54) is 103 Å². The number of alkyl carbamates (subject to hydrolysis) is 1. The highest BCUT2D eigenvalue weighted by Crippen LogP contribution is 2.13. The first-order valence-electron chi connectivity index (χ1n) is 22.3. The SMILES string of the molecule is CCCCCCCC/C=C\CCCCCCCC(=O)OCC(CNC(=O)OCCN(C)CCO)OC(=O)CCCCCCC/C=C\CCCCCCCC. The second-order valence-electron chi connectivity index (χ2n) is 15.0. The van der Waals surface area contributed by atoms with Crippen molar-refractivity contribution in [1.82, 2.24) is 10.2 Å². The number of aliphatic hydroxyl groups excluding tert-OH is 1. The third-order valence-corrected chi connectivity index (χ3v) is 9.68. The second kappa shape index (κ2) is 41.8. The summed E-state index contributed by atoms with van der Waals surface area (Å²) in [6.07, 6.45) is 39.4. The predicted octanol–water partition coefficient (Wildman–Crippen LogP) is 11.2. The quantitative estimate of drug-likeness (QED) is 0.0274. The lowest BCUT2D eigenvalue weighted by atomic mass is 10.1. The van der Waals surface area contributed by atoms with Gasteiger partial charge in [-0.2, -0.15) is 0 Å². The Bertz CT molecular complexity index is 910. The zero-order valence-corrected chi connectivity index (χ0v) is 35.3. The lowest BCUT2D eigenvalue weighted by Gasteiger charge is -2.19. The summed E-state index contributed by atoms with van der Waals surface area (Å²) >= 11 is 0. The molecule has 0 saturated heterocycles. The third kappa shape index (κ3) is 39.3. The topological polar surface area (TPSA) is 114 Å². The van der Waals surface area contributed by atoms with Gasteiger partial charge in [0.15, 0.2) is 6.10 Å². The molecule has 1 amide bonds. The molecule has 1 unspecified atom stereocenters. The van der Waals surface area contributed by atoms with Gasteiger partial charge in [-0.1, -0.05) is 141 Å². The maximum absolute atomic E-state index is 12.7. The van der Waals surface area contributed by atoms with Gasteiger partial charge < -0.3 is 29.5 Å². The van der Waals surface area contributed by atoms with Gasteiger partial charge in [0.1, 0.15) is 13.2 Å². The molecule has 0 bridgehead atoms. The Hall–Kier alpha value is -2.39. The van der Waals surface area contributed by atoms with Crippen LogP contribution in [-0.4, -0.2) is 80.6 Å². The first-order chi connectivity index (χ1) is 26.4. The molecule has 0 rings (SSSR count). The molecule has 1 atom stereocenters. The van der Waals surface area contributed by atoms with Crippen LogP contribution >= 0.6 is 0 Å². The maximum atomic E-state index is 12.7. The molecule has 0 aliphatic rings. The number of aliphatic hydroxyl groups is 1. The average Bonchev–Trinajstić information content (AvgIpc) is 3.16. The van der Waals surface area contributed by atoms with Crippen LogP contribution in [0.25, 0.3) is 0 Å². The lowest BCUT2D eigenvalue weighted by molar-refractivity contribution is -0.158. The van der Waals surface area contributed by atoms with Gasteiger partial charge in [0.2, 0.25) is 0 Å². The predicted molar refractivity (Wildman–Crippen MR) is 224 cm³/mol. The number of ether oxygens (including phenoxy) is 3. The number of carbonyl (C=O) groups is 3. The fourth-order valence-corrected chi connectivity index (χ4v) is 6.14. The molecule has 0 saturated carbocycles. The average molecular weight is 765 g/mol. The van der Waals surface area contributed by atoms with E-state index in [1.54, 1.807) is 0 Å². The number of esters is 2. The van der Waals surface area contributed by atoms with Crippen LogP contribution in [0.15, 0.2) is 24.3 Å². The smallest absolute Gasteiger partial charge is 0.407 e. The van der Waals surface area contributed by atoms with Crippen molar-refractivity contribution in [2.45, 2.75) is 200 Å². The van der Waals surface area contributed by atoms with E-state index < -0.39 is 12.2 Å². The molecule has 9 nitrogen and oxygen atoms in total. The molecule has 0 aromatic heterocycles. The van der Waals surface area contributed by atoms with E-state index in [0.717, 1.165) is 64.2 Å². The Labute approximate surface area is 331 Å². The van der Waals surface area contributed by atoms with Crippen molar-refractivity contribution < 1.29 is 33.7 Å². The molecule has 0 aliphatic heterocycles. The van der Waals surface area contributed by atoms with Crippen LogP contribution in [0.5, 0.6) is 0 Å². The van der Waals surface area contributed by atoms with E-state index >= 15 is 0 Å². The molecule has 0 radical (unpaired) electrons. The Balaban J connectivity index is 4.30. The first-order valence-corrected chi connectivity index (χ1v) is 22.3. The van der Waals surface area contributed by atoms with Gasteiger partial charge in [0.05, 0.1) is 13.2 Å². The fraction of sp³-hybridized carbons (Fsp3) is 0.844. The molecule has 9 heteroatoms. The van der Waals surface area contributed by atoms with Crippen molar-refractivity contribution in [2.24, 2.45) is 0 Å². The summed E-state index contributed by atoms with van der Waals surface area (Å²) in [6, 6.07) is 0. The van der Waals surface area contributed by atoms with Crippen LogP contribution in [-0.2, 0) is 23.8 Å². The van der Waals surface area contributed by atoms with Crippen LogP contribution in [0.2, 0.25) is 0 Å². The Morgan fingerprint density at radius 3 is 1.46 bits per heavy atom. The first kappa shape index (κ1) is 51.6. The van der Waals surface area contributed by atoms with E-state index in [-0.39, 0.29) is 38.3 Å². The number of unbranched alkanes of at least 4 members (excludes halogenated alkanes) is 22. The number of hydrogen-bond donors (Lipinski definition) is 2. The molecular weight excluding hydrogens is 681 g/mol. The van der Waals surface area contributed by atoms with Gasteiger partial charge in [-0.25, -0.2) is 4.79 Å². The van der Waals surface area contributed by atoms with Gasteiger partial charge >= 0.3 is 18.0 Å². The number of carbonyl (C=O) groups excluding carboxylic acids is 3. The molecule has 0 aromatic carbocycles. The summed E-state index contributed by atoms with van der Waals surface area (Å²) < 4.78 is 16.3. The summed E-state index contributed by atoms with van der Waals surface area (Å²) in [5.41, 5.74) is 0. The van der Waals surface area contributed by atoms with Gasteiger partial charge in [-0.05, 0) is 71.3 Å². The van der Waals surface area contributed by atoms with E-state index in [4.69, 9.17) is 19.3 Å². The standard InChI is InChI=1S/C45H84N2O7/c1-4-6-8-10-12-14-16-18-20-22-24-26-28-30-32-34-43(49)53-41-42(40-46-45(51)52-39-37-47(3)36-38-48)54-44(50)35-33-31-29-27-25-23-21-19-17-15-13-11-9-7-5-2/h18-21,42,48H,4-17,22-41H2,1-3H3,(H,46,51)/b20-18-,21-19-. The summed E-state index contributed by atoms with van der Waals surface area (Å²) in [4.78, 5) is 39.3. The second-order valence-corrected chi connectivity index (χ2v) is 15.0. The Morgan fingerprint density at radius 2 is 1.00 bits per heavy atom. The molecule has 0 spiro atoms. The maximum Gasteiger partial charge on any atom is 0.407 e. The molecular formula is C45H84N2O7. The number of allylic oxidation sites excluding steroid dienone is 4. The van der Waals surface area contributed by atoms with Crippen molar-refractivity contribution in [3.8, 4) is 0 Å². The van der Waals surface area contributed by atoms with E-state index in [0.29, 0.717) is 25.9 Å². The number of amides is 1. The zero-order valence-electron chi connectivity index (χ0n) is 35.3. The van der Waals surface area contributed by atoms with Gasteiger partial charge in [0.25, 0.3) is 0 Å². The molecule has 0 heterocycles. The highest BCUT2D eigenvalue weighted by Gasteiger charge is 2.19. The molecule has 316 valence electrons. The molecule has 0 aromatic rings. The molecule has 2 N–H and O–H groups in total. The van der Waals surface area contributed by atoms with Crippen molar-refractivity contribution in [3.63, 3.8) is 0 Å². The van der Waals surface area contributed by atoms with E-state index in [2.05, 4.69) is 43.5 Å². The summed E-state index contributed by atoms with van der Waals surface area (Å²) in [7, 11) is 1.83. The minimum atomic E-state index is -0.789. The third-order valence-electron chi connectivity index (χ3n) is 9.68. The van der Waals surface area contributed by atoms with E-state index in [1.807, 2.05) is 11.9 Å². The van der Waals surface area contributed by atoms with Crippen LogP contribution in [0.4, 0.5) is 4.79 Å². The zero-order chi connectivity index (χ0) is 39.6. The molecule has 0 fully saturated rings. The van der Waals surface area contributed by atoms with Gasteiger partial charge in [0, 0.05) is 25.9 Å². The summed E-state index contributed by atoms with van der Waals surface area (Å²) in [6.45, 7) is 5.55. The summed E-state index contributed by atoms with van der Waals surface area (Å²) in [5.74, 6) is -0.674. The Kier molecular flexibility index (Phi) is 39.9. The van der Waals surface area contributed by atoms with Crippen LogP contribution in [0.1, 0.15) is 194 Å². The fourth-order valence-electron chi connectivity index (χ4n) is 6.14. The van der Waals surface area contributed by atoms with Crippen molar-refractivity contribution in [3.05, 3.63) is 24.3 Å². The number of nitrogens with one attached hydrogen (secondary N) is 1. The lowest BCUT2D eigenvalue weighted by Crippen LogP contribution is -2.39. The van der Waals surface area contributed by atoms with Crippen LogP contribution < -0.4 is 5.32 Å². The minimum absolute atomic E-state index is 0.00981. The van der Waals surface area contributed by atoms with Crippen LogP contribution in [0, 0.1) is 0 Å². The number of rotatable bonds is 40. The largest absolute Gasteiger partial charge is 0.462 e. The normalized spacial score (nSPS) is 12.2. The van der Waals surface area contributed by atoms with Crippen molar-refractivity contribution in [2.75, 3.05) is 46.5 Å². The number of likely N-dealkylation sites (N-methyl/N-ethyl adjacent to an activating group) is 1. The van der Waals surface area contributed by atoms with E-state index in [9.17, 15) is 14.4 Å². The van der Waals surface area contributed by atoms with Crippen molar-refractivity contribution in [1.29, 1.82) is 0 Å². The van der Waals surface area contributed by atoms with Crippen molar-refractivity contribution >= 4 is 18.0 Å². The van der Waals surface area contributed by atoms with Crippen LogP contribution in [0.3, 0.4) is 0 Å². The summed E-state index contributed by atoms with van der Waals surface area (Å²) in [5, 5.41) is 11.7. The molecule has 0 aliphatic carbocycles. The van der Waals surface area contributed by atoms with Gasteiger partial charge in [-0.3, -0.25) is 9.59 Å². The highest BCUT2D eigenvalue weighted by atomic mass is 16.6. The number of hydrogen-bond acceptors (Lipinski definition) is 8. The number of nitrogens with zero attached hydrogens (tertiary/aromatic N) is 1.